The summed E-state index contributed by atoms with van der Waals surface area (Å²) in [5.41, 5.74) is 1.83. The summed E-state index contributed by atoms with van der Waals surface area (Å²) >= 11 is 0. The van der Waals surface area contributed by atoms with Crippen LogP contribution in [0.5, 0.6) is 11.8 Å². The van der Waals surface area contributed by atoms with Crippen molar-refractivity contribution >= 4 is 22.4 Å². The molecule has 1 N–H and O–H groups in total. The molecule has 0 fully saturated rings. The molecule has 0 saturated heterocycles. The van der Waals surface area contributed by atoms with Gasteiger partial charge in [0.05, 0.1) is 19.2 Å². The van der Waals surface area contributed by atoms with Crippen molar-refractivity contribution in [1.29, 1.82) is 0 Å². The molecule has 27 heavy (non-hydrogen) atoms. The minimum Gasteiger partial charge on any atom is -0.497 e. The van der Waals surface area contributed by atoms with E-state index in [0.717, 1.165) is 47.4 Å². The van der Waals surface area contributed by atoms with Crippen molar-refractivity contribution in [3.63, 3.8) is 0 Å². The van der Waals surface area contributed by atoms with E-state index in [1.54, 1.807) is 7.11 Å². The molecule has 3 rings (SSSR count). The smallest absolute Gasteiger partial charge is 0.318 e. The molecule has 0 bridgehead atoms. The Labute approximate surface area is 159 Å². The molecular formula is C21H25N3O3. The van der Waals surface area contributed by atoms with Gasteiger partial charge < -0.3 is 19.5 Å². The first-order chi connectivity index (χ1) is 13.2. The Kier molecular flexibility index (Phi) is 6.44. The molecule has 1 aromatic heterocycles. The fourth-order valence-corrected chi connectivity index (χ4v) is 2.84. The van der Waals surface area contributed by atoms with E-state index in [4.69, 9.17) is 14.6 Å². The summed E-state index contributed by atoms with van der Waals surface area (Å²) in [6.45, 7) is 0.743. The average molecular weight is 367 g/mol. The van der Waals surface area contributed by atoms with Crippen molar-refractivity contribution in [1.82, 2.24) is 9.97 Å². The number of aliphatic hydroxyl groups excluding tert-OH is 1. The summed E-state index contributed by atoms with van der Waals surface area (Å²) in [4.78, 5) is 11.2. The van der Waals surface area contributed by atoms with E-state index < -0.39 is 0 Å². The summed E-state index contributed by atoms with van der Waals surface area (Å²) in [6, 6.07) is 16.1. The molecule has 0 radical (unpaired) electrons. The van der Waals surface area contributed by atoms with Gasteiger partial charge in [-0.2, -0.15) is 9.97 Å². The van der Waals surface area contributed by atoms with Crippen molar-refractivity contribution < 1.29 is 14.6 Å². The lowest BCUT2D eigenvalue weighted by Crippen LogP contribution is -2.13. The first-order valence-electron chi connectivity index (χ1n) is 9.11. The quantitative estimate of drug-likeness (QED) is 0.578. The number of para-hydroxylation sites is 1. The number of benzene rings is 2. The minimum atomic E-state index is 0.212. The molecule has 6 nitrogen and oxygen atoms in total. The molecule has 0 aliphatic rings. The number of hydrogen-bond acceptors (Lipinski definition) is 6. The summed E-state index contributed by atoms with van der Waals surface area (Å²) in [7, 11) is 3.63. The van der Waals surface area contributed by atoms with Crippen molar-refractivity contribution in [2.24, 2.45) is 0 Å². The number of hydrogen-bond donors (Lipinski definition) is 1. The van der Waals surface area contributed by atoms with E-state index >= 15 is 0 Å². The van der Waals surface area contributed by atoms with Crippen LogP contribution in [0.3, 0.4) is 0 Å². The third-order valence-corrected chi connectivity index (χ3v) is 4.37. The standard InChI is InChI=1S/C21H25N3O3/c1-24(16-10-12-17(26-2)13-11-16)20-18-8-4-5-9-19(18)22-21(23-20)27-15-7-3-6-14-25/h4-5,8-13,25H,3,6-7,14-15H2,1-2H3. The fraction of sp³-hybridized carbons (Fsp3) is 0.333. The van der Waals surface area contributed by atoms with Crippen LogP contribution in [0.2, 0.25) is 0 Å². The van der Waals surface area contributed by atoms with E-state index in [9.17, 15) is 0 Å². The molecule has 0 spiro atoms. The predicted molar refractivity (Wildman–Crippen MR) is 107 cm³/mol. The summed E-state index contributed by atoms with van der Waals surface area (Å²) in [5, 5.41) is 9.82. The van der Waals surface area contributed by atoms with Crippen LogP contribution in [0.4, 0.5) is 11.5 Å². The second kappa shape index (κ2) is 9.19. The van der Waals surface area contributed by atoms with E-state index in [1.165, 1.54) is 0 Å². The molecular weight excluding hydrogens is 342 g/mol. The first-order valence-corrected chi connectivity index (χ1v) is 9.11. The predicted octanol–water partition coefficient (Wildman–Crippen LogP) is 3.95. The van der Waals surface area contributed by atoms with Crippen LogP contribution >= 0.6 is 0 Å². The largest absolute Gasteiger partial charge is 0.497 e. The SMILES string of the molecule is COc1ccc(N(C)c2nc(OCCCCCO)nc3ccccc23)cc1. The highest BCUT2D eigenvalue weighted by Crippen LogP contribution is 2.31. The van der Waals surface area contributed by atoms with Crippen LogP contribution in [0.1, 0.15) is 19.3 Å². The van der Waals surface area contributed by atoms with Gasteiger partial charge in [-0.1, -0.05) is 12.1 Å². The summed E-state index contributed by atoms with van der Waals surface area (Å²) in [6.07, 6.45) is 2.57. The zero-order valence-electron chi connectivity index (χ0n) is 15.8. The van der Waals surface area contributed by atoms with E-state index in [0.29, 0.717) is 12.6 Å². The third-order valence-electron chi connectivity index (χ3n) is 4.37. The Hall–Kier alpha value is -2.86. The van der Waals surface area contributed by atoms with Crippen LogP contribution in [0.25, 0.3) is 10.9 Å². The maximum Gasteiger partial charge on any atom is 0.318 e. The molecule has 2 aromatic carbocycles. The molecule has 3 aromatic rings. The lowest BCUT2D eigenvalue weighted by Gasteiger charge is -2.21. The van der Waals surface area contributed by atoms with E-state index in [-0.39, 0.29) is 6.61 Å². The molecule has 0 aliphatic heterocycles. The van der Waals surface area contributed by atoms with Gasteiger partial charge in [0.2, 0.25) is 0 Å². The first kappa shape index (κ1) is 18.9. The van der Waals surface area contributed by atoms with Crippen LogP contribution in [0, 0.1) is 0 Å². The number of nitrogens with zero attached hydrogens (tertiary/aromatic N) is 3. The van der Waals surface area contributed by atoms with Gasteiger partial charge in [-0.25, -0.2) is 0 Å². The Balaban J connectivity index is 1.87. The Morgan fingerprint density at radius 1 is 0.963 bits per heavy atom. The Morgan fingerprint density at radius 2 is 1.74 bits per heavy atom. The Bertz CT molecular complexity index is 868. The summed E-state index contributed by atoms with van der Waals surface area (Å²) in [5.74, 6) is 1.60. The maximum atomic E-state index is 8.86. The number of anilines is 2. The second-order valence-electron chi connectivity index (χ2n) is 6.24. The van der Waals surface area contributed by atoms with Crippen LogP contribution in [0.15, 0.2) is 48.5 Å². The molecule has 0 amide bonds. The number of ether oxygens (including phenoxy) is 2. The number of methoxy groups -OCH3 is 1. The van der Waals surface area contributed by atoms with Crippen molar-refractivity contribution in [2.45, 2.75) is 19.3 Å². The molecule has 0 aliphatic carbocycles. The number of rotatable bonds is 9. The molecule has 6 heteroatoms. The van der Waals surface area contributed by atoms with E-state index in [2.05, 4.69) is 9.97 Å². The van der Waals surface area contributed by atoms with Gasteiger partial charge in [0, 0.05) is 24.7 Å². The van der Waals surface area contributed by atoms with Crippen molar-refractivity contribution in [3.05, 3.63) is 48.5 Å². The highest BCUT2D eigenvalue weighted by Gasteiger charge is 2.14. The number of aromatic nitrogens is 2. The van der Waals surface area contributed by atoms with Gasteiger partial charge in [0.25, 0.3) is 0 Å². The van der Waals surface area contributed by atoms with Gasteiger partial charge in [-0.05, 0) is 55.7 Å². The minimum absolute atomic E-state index is 0.212. The zero-order chi connectivity index (χ0) is 19.1. The molecule has 1 heterocycles. The van der Waals surface area contributed by atoms with Crippen LogP contribution < -0.4 is 14.4 Å². The van der Waals surface area contributed by atoms with Gasteiger partial charge in [-0.3, -0.25) is 0 Å². The van der Waals surface area contributed by atoms with Gasteiger partial charge >= 0.3 is 6.01 Å². The molecule has 142 valence electrons. The van der Waals surface area contributed by atoms with E-state index in [1.807, 2.05) is 60.5 Å². The Morgan fingerprint density at radius 3 is 2.48 bits per heavy atom. The number of unbranched alkanes of at least 4 members (excludes halogenated alkanes) is 2. The lowest BCUT2D eigenvalue weighted by atomic mass is 10.2. The molecule has 0 saturated carbocycles. The molecule has 0 atom stereocenters. The van der Waals surface area contributed by atoms with Crippen molar-refractivity contribution in [2.75, 3.05) is 32.3 Å². The monoisotopic (exact) mass is 367 g/mol. The maximum absolute atomic E-state index is 8.86. The molecule has 0 unspecified atom stereocenters. The fourth-order valence-electron chi connectivity index (χ4n) is 2.84. The van der Waals surface area contributed by atoms with Crippen LogP contribution in [-0.2, 0) is 0 Å². The highest BCUT2D eigenvalue weighted by molar-refractivity contribution is 5.91. The number of fused-ring (bicyclic) bond motifs is 1. The zero-order valence-corrected chi connectivity index (χ0v) is 15.8. The van der Waals surface area contributed by atoms with Gasteiger partial charge in [0.15, 0.2) is 0 Å². The van der Waals surface area contributed by atoms with Crippen LogP contribution in [-0.4, -0.2) is 42.4 Å². The topological polar surface area (TPSA) is 67.7 Å². The highest BCUT2D eigenvalue weighted by atomic mass is 16.5. The average Bonchev–Trinajstić information content (AvgIpc) is 2.72. The summed E-state index contributed by atoms with van der Waals surface area (Å²) < 4.78 is 11.0. The second-order valence-corrected chi connectivity index (χ2v) is 6.24. The van der Waals surface area contributed by atoms with Gasteiger partial charge in [-0.15, -0.1) is 0 Å². The normalized spacial score (nSPS) is 10.8. The lowest BCUT2D eigenvalue weighted by molar-refractivity contribution is 0.258. The third kappa shape index (κ3) is 4.65. The van der Waals surface area contributed by atoms with Gasteiger partial charge in [0.1, 0.15) is 11.6 Å². The number of aliphatic hydroxyl groups is 1. The van der Waals surface area contributed by atoms with Crippen molar-refractivity contribution in [3.8, 4) is 11.8 Å².